The zero-order valence-electron chi connectivity index (χ0n) is 14.8. The molecule has 0 aromatic heterocycles. The highest BCUT2D eigenvalue weighted by Crippen LogP contribution is 2.35. The zero-order chi connectivity index (χ0) is 20.9. The van der Waals surface area contributed by atoms with Crippen molar-refractivity contribution in [1.82, 2.24) is 5.32 Å². The van der Waals surface area contributed by atoms with Crippen LogP contribution in [0.2, 0.25) is 0 Å². The fraction of sp³-hybridized carbons (Fsp3) is 0.800. The molecule has 10 nitrogen and oxygen atoms in total. The maximum atomic E-state index is 14.5. The Bertz CT molecular complexity index is 566. The molecule has 6 N–H and O–H groups in total. The van der Waals surface area contributed by atoms with Gasteiger partial charge in [-0.2, -0.15) is 4.39 Å². The molecule has 0 radical (unpaired) electrons. The minimum Gasteiger partial charge on any atom is -0.477 e. The number of nitrogens with two attached hydrogens (primary N) is 1. The van der Waals surface area contributed by atoms with Gasteiger partial charge in [-0.25, -0.2) is 9.18 Å². The molecule has 1 heterocycles. The highest BCUT2D eigenvalue weighted by Gasteiger charge is 2.62. The maximum Gasteiger partial charge on any atom is 0.372 e. The van der Waals surface area contributed by atoms with Crippen molar-refractivity contribution < 1.29 is 48.0 Å². The molecule has 7 atom stereocenters. The first kappa shape index (κ1) is 23.1. The maximum absolute atomic E-state index is 14.5. The van der Waals surface area contributed by atoms with E-state index >= 15 is 0 Å². The minimum absolute atomic E-state index is 0.0538. The Morgan fingerprint density at radius 2 is 1.96 bits per heavy atom. The monoisotopic (exact) mass is 398 g/mol. The Balaban J connectivity index is 3.03. The van der Waals surface area contributed by atoms with Crippen molar-refractivity contribution in [3.63, 3.8) is 0 Å². The van der Waals surface area contributed by atoms with Gasteiger partial charge >= 0.3 is 17.8 Å². The Labute approximate surface area is 153 Å². The summed E-state index contributed by atoms with van der Waals surface area (Å²) in [5.41, 5.74) is 5.52. The fourth-order valence-corrected chi connectivity index (χ4v) is 2.62. The molecule has 0 bridgehead atoms. The summed E-state index contributed by atoms with van der Waals surface area (Å²) in [5.74, 6) is -7.64. The van der Waals surface area contributed by atoms with Crippen LogP contribution in [0.25, 0.3) is 0 Å². The topological polar surface area (TPSA) is 168 Å². The molecule has 1 aliphatic heterocycles. The number of amides is 1. The normalized spacial score (nSPS) is 33.0. The molecule has 1 amide bonds. The summed E-state index contributed by atoms with van der Waals surface area (Å²) >= 11 is 0. The van der Waals surface area contributed by atoms with Crippen molar-refractivity contribution in [2.45, 2.75) is 69.1 Å². The van der Waals surface area contributed by atoms with E-state index in [0.29, 0.717) is 6.42 Å². The fourth-order valence-electron chi connectivity index (χ4n) is 2.62. The molecule has 1 saturated heterocycles. The van der Waals surface area contributed by atoms with Gasteiger partial charge in [0.05, 0.1) is 12.1 Å². The van der Waals surface area contributed by atoms with Gasteiger partial charge in [0.1, 0.15) is 24.9 Å². The number of carboxylic acid groups (broad SMARTS) is 1. The van der Waals surface area contributed by atoms with E-state index in [4.69, 9.17) is 15.6 Å². The SMILES string of the molecule is CCCC(=O)OC[C@H](O)[C@H](O)[C@@H]1O[C@@](F)(C(=O)O)[C@H](F)[C@H](N)[C@H]1NC(C)=O. The van der Waals surface area contributed by atoms with Crippen LogP contribution in [-0.4, -0.2) is 82.2 Å². The van der Waals surface area contributed by atoms with Crippen molar-refractivity contribution in [1.29, 1.82) is 0 Å². The Morgan fingerprint density at radius 1 is 1.37 bits per heavy atom. The Morgan fingerprint density at radius 3 is 2.44 bits per heavy atom. The van der Waals surface area contributed by atoms with E-state index in [2.05, 4.69) is 10.1 Å². The second kappa shape index (κ2) is 9.35. The number of carbonyl (C=O) groups excluding carboxylic acids is 2. The first-order valence-corrected chi connectivity index (χ1v) is 8.24. The van der Waals surface area contributed by atoms with Gasteiger partial charge in [-0.3, -0.25) is 9.59 Å². The molecule has 0 unspecified atom stereocenters. The molecule has 156 valence electrons. The van der Waals surface area contributed by atoms with Gasteiger partial charge in [0, 0.05) is 13.3 Å². The van der Waals surface area contributed by atoms with Crippen LogP contribution in [0.1, 0.15) is 26.7 Å². The molecule has 27 heavy (non-hydrogen) atoms. The van der Waals surface area contributed by atoms with E-state index < -0.39 is 66.9 Å². The van der Waals surface area contributed by atoms with Crippen molar-refractivity contribution >= 4 is 17.8 Å². The molecule has 1 rings (SSSR count). The van der Waals surface area contributed by atoms with E-state index in [1.165, 1.54) is 0 Å². The number of hydrogen-bond donors (Lipinski definition) is 5. The van der Waals surface area contributed by atoms with Crippen LogP contribution in [0.15, 0.2) is 0 Å². The van der Waals surface area contributed by atoms with E-state index in [0.717, 1.165) is 6.92 Å². The lowest BCUT2D eigenvalue weighted by Crippen LogP contribution is -2.73. The summed E-state index contributed by atoms with van der Waals surface area (Å²) in [6.45, 7) is 2.02. The van der Waals surface area contributed by atoms with Gasteiger partial charge in [-0.15, -0.1) is 0 Å². The van der Waals surface area contributed by atoms with Gasteiger partial charge < -0.3 is 35.8 Å². The molecule has 0 aliphatic carbocycles. The quantitative estimate of drug-likeness (QED) is 0.301. The van der Waals surface area contributed by atoms with Crippen LogP contribution >= 0.6 is 0 Å². The average molecular weight is 398 g/mol. The standard InChI is InChI=1S/C15H24F2N2O8/c1-3-4-8(22)26-5-7(21)11(23)12-10(19-6(2)20)9(18)13(16)15(17,27-12)14(24)25/h7,9-13,21,23H,3-5,18H2,1-2H3,(H,19,20)(H,24,25)/t7-,9+,10+,11-,12+,13+,15+/m0/s1. The lowest BCUT2D eigenvalue weighted by molar-refractivity contribution is -0.276. The van der Waals surface area contributed by atoms with Crippen LogP contribution < -0.4 is 11.1 Å². The van der Waals surface area contributed by atoms with Crippen LogP contribution in [0, 0.1) is 0 Å². The van der Waals surface area contributed by atoms with Crippen molar-refractivity contribution in [2.24, 2.45) is 5.73 Å². The van der Waals surface area contributed by atoms with Crippen LogP contribution in [0.4, 0.5) is 8.78 Å². The molecule has 0 aromatic rings. The number of ether oxygens (including phenoxy) is 2. The van der Waals surface area contributed by atoms with Crippen molar-refractivity contribution in [3.8, 4) is 0 Å². The largest absolute Gasteiger partial charge is 0.477 e. The number of hydrogen-bond acceptors (Lipinski definition) is 8. The van der Waals surface area contributed by atoms with Gasteiger partial charge in [-0.05, 0) is 6.42 Å². The molecule has 0 spiro atoms. The van der Waals surface area contributed by atoms with E-state index in [9.17, 15) is 33.4 Å². The number of alkyl halides is 2. The highest BCUT2D eigenvalue weighted by molar-refractivity contribution is 5.77. The summed E-state index contributed by atoms with van der Waals surface area (Å²) in [7, 11) is 0. The zero-order valence-corrected chi connectivity index (χ0v) is 14.8. The van der Waals surface area contributed by atoms with Gasteiger partial charge in [0.2, 0.25) is 5.91 Å². The first-order chi connectivity index (χ1) is 12.5. The van der Waals surface area contributed by atoms with Gasteiger partial charge in [0.25, 0.3) is 0 Å². The summed E-state index contributed by atoms with van der Waals surface area (Å²) in [5, 5.41) is 31.3. The molecular formula is C15H24F2N2O8. The highest BCUT2D eigenvalue weighted by atomic mass is 19.2. The van der Waals surface area contributed by atoms with Crippen LogP contribution in [0.3, 0.4) is 0 Å². The predicted molar refractivity (Wildman–Crippen MR) is 84.7 cm³/mol. The van der Waals surface area contributed by atoms with E-state index in [-0.39, 0.29) is 6.42 Å². The summed E-state index contributed by atoms with van der Waals surface area (Å²) < 4.78 is 37.9. The molecule has 0 saturated carbocycles. The molecule has 0 aromatic carbocycles. The molecule has 1 aliphatic rings. The number of halogens is 2. The smallest absolute Gasteiger partial charge is 0.372 e. The number of carboxylic acids is 1. The summed E-state index contributed by atoms with van der Waals surface area (Å²) in [4.78, 5) is 33.7. The first-order valence-electron chi connectivity index (χ1n) is 8.24. The lowest BCUT2D eigenvalue weighted by Gasteiger charge is -2.45. The molecule has 1 fully saturated rings. The third-order valence-corrected chi connectivity index (χ3v) is 4.03. The van der Waals surface area contributed by atoms with Gasteiger partial charge in [0.15, 0.2) is 6.17 Å². The Hall–Kier alpha value is -1.89. The van der Waals surface area contributed by atoms with Crippen LogP contribution in [-0.2, 0) is 23.9 Å². The van der Waals surface area contributed by atoms with Gasteiger partial charge in [-0.1, -0.05) is 6.92 Å². The number of rotatable bonds is 8. The average Bonchev–Trinajstić information content (AvgIpc) is 2.59. The summed E-state index contributed by atoms with van der Waals surface area (Å²) in [6, 6.07) is -3.46. The molecule has 12 heteroatoms. The second-order valence-corrected chi connectivity index (χ2v) is 6.23. The predicted octanol–water partition coefficient (Wildman–Crippen LogP) is -1.63. The number of carbonyl (C=O) groups is 3. The number of aliphatic carboxylic acids is 1. The molecular weight excluding hydrogens is 374 g/mol. The van der Waals surface area contributed by atoms with E-state index in [1.807, 2.05) is 0 Å². The number of aliphatic hydroxyl groups is 2. The lowest BCUT2D eigenvalue weighted by atomic mass is 9.86. The third kappa shape index (κ3) is 5.31. The Kier molecular flexibility index (Phi) is 8.02. The minimum atomic E-state index is -3.90. The number of nitrogens with one attached hydrogen (secondary N) is 1. The summed E-state index contributed by atoms with van der Waals surface area (Å²) in [6.07, 6.45) is -8.16. The second-order valence-electron chi connectivity index (χ2n) is 6.23. The van der Waals surface area contributed by atoms with Crippen molar-refractivity contribution in [2.75, 3.05) is 6.61 Å². The van der Waals surface area contributed by atoms with Crippen molar-refractivity contribution in [3.05, 3.63) is 0 Å². The third-order valence-electron chi connectivity index (χ3n) is 4.03. The number of esters is 1. The number of aliphatic hydroxyl groups excluding tert-OH is 2. The van der Waals surface area contributed by atoms with E-state index in [1.54, 1.807) is 6.92 Å². The van der Waals surface area contributed by atoms with Crippen LogP contribution in [0.5, 0.6) is 0 Å².